The number of sulfonamides is 1. The molecule has 0 unspecified atom stereocenters. The Morgan fingerprint density at radius 1 is 1.13 bits per heavy atom. The first-order valence-corrected chi connectivity index (χ1v) is 11.7. The van der Waals surface area contributed by atoms with Crippen LogP contribution in [0.3, 0.4) is 0 Å². The Balaban J connectivity index is 1.45. The molecule has 0 bridgehead atoms. The van der Waals surface area contributed by atoms with E-state index in [0.717, 1.165) is 0 Å². The van der Waals surface area contributed by atoms with Gasteiger partial charge in [0.1, 0.15) is 4.90 Å². The number of H-pyrrole nitrogens is 1. The quantitative estimate of drug-likeness (QED) is 0.594. The van der Waals surface area contributed by atoms with Gasteiger partial charge in [0.25, 0.3) is 5.56 Å². The Morgan fingerprint density at radius 3 is 2.48 bits per heavy atom. The smallest absolute Gasteiger partial charge is 0.258 e. The Morgan fingerprint density at radius 2 is 1.81 bits per heavy atom. The summed E-state index contributed by atoms with van der Waals surface area (Å²) in [6, 6.07) is 9.43. The molecule has 1 amide bonds. The lowest BCUT2D eigenvalue weighted by Gasteiger charge is -2.31. The van der Waals surface area contributed by atoms with Crippen LogP contribution in [0.5, 0.6) is 0 Å². The number of nitrogens with one attached hydrogen (secondary N) is 2. The van der Waals surface area contributed by atoms with Gasteiger partial charge in [0, 0.05) is 24.7 Å². The highest BCUT2D eigenvalue weighted by Crippen LogP contribution is 2.33. The van der Waals surface area contributed by atoms with Crippen LogP contribution < -0.4 is 10.9 Å². The molecule has 1 aliphatic heterocycles. The Bertz CT molecular complexity index is 1300. The molecule has 4 rings (SSSR count). The fourth-order valence-corrected chi connectivity index (χ4v) is 6.17. The summed E-state index contributed by atoms with van der Waals surface area (Å²) in [5, 5.41) is 3.30. The van der Waals surface area contributed by atoms with Crippen LogP contribution >= 0.6 is 23.2 Å². The second-order valence-corrected chi connectivity index (χ2v) is 9.87. The molecule has 1 aromatic heterocycles. The molecule has 3 aromatic rings. The van der Waals surface area contributed by atoms with Crippen molar-refractivity contribution in [2.75, 3.05) is 18.4 Å². The molecule has 162 valence electrons. The van der Waals surface area contributed by atoms with Crippen LogP contribution in [0.4, 0.5) is 5.69 Å². The molecule has 0 atom stereocenters. The fourth-order valence-electron chi connectivity index (χ4n) is 3.61. The van der Waals surface area contributed by atoms with Crippen LogP contribution in [-0.4, -0.2) is 41.7 Å². The third-order valence-corrected chi connectivity index (χ3v) is 8.10. The van der Waals surface area contributed by atoms with Crippen LogP contribution in [0.25, 0.3) is 10.9 Å². The Kier molecular flexibility index (Phi) is 6.02. The van der Waals surface area contributed by atoms with Crippen molar-refractivity contribution in [1.82, 2.24) is 14.3 Å². The summed E-state index contributed by atoms with van der Waals surface area (Å²) in [4.78, 5) is 31.1. The number of piperidine rings is 1. The number of halogens is 2. The van der Waals surface area contributed by atoms with Crippen molar-refractivity contribution in [2.45, 2.75) is 17.7 Å². The van der Waals surface area contributed by atoms with E-state index in [9.17, 15) is 18.0 Å². The van der Waals surface area contributed by atoms with Gasteiger partial charge in [0.05, 0.1) is 27.3 Å². The summed E-state index contributed by atoms with van der Waals surface area (Å²) in [6.07, 6.45) is 2.02. The number of carbonyl (C=O) groups is 1. The molecule has 31 heavy (non-hydrogen) atoms. The molecule has 1 saturated heterocycles. The molecular weight excluding hydrogens is 463 g/mol. The van der Waals surface area contributed by atoms with Gasteiger partial charge < -0.3 is 10.3 Å². The van der Waals surface area contributed by atoms with E-state index in [2.05, 4.69) is 15.3 Å². The average Bonchev–Trinajstić information content (AvgIpc) is 2.74. The minimum Gasteiger partial charge on any atom is -0.326 e. The van der Waals surface area contributed by atoms with Crippen LogP contribution in [-0.2, 0) is 14.8 Å². The molecular formula is C20H18Cl2N4O4S. The van der Waals surface area contributed by atoms with Crippen LogP contribution in [0.15, 0.2) is 52.4 Å². The van der Waals surface area contributed by atoms with Crippen molar-refractivity contribution in [3.8, 4) is 0 Å². The lowest BCUT2D eigenvalue weighted by Crippen LogP contribution is -2.41. The molecule has 2 aromatic carbocycles. The molecule has 0 radical (unpaired) electrons. The van der Waals surface area contributed by atoms with E-state index in [4.69, 9.17) is 23.2 Å². The van der Waals surface area contributed by atoms with Gasteiger partial charge in [-0.15, -0.1) is 0 Å². The van der Waals surface area contributed by atoms with Crippen LogP contribution in [0.2, 0.25) is 10.0 Å². The molecule has 0 spiro atoms. The number of fused-ring (bicyclic) bond motifs is 1. The first-order valence-electron chi connectivity index (χ1n) is 9.50. The van der Waals surface area contributed by atoms with Crippen molar-refractivity contribution in [3.05, 3.63) is 63.1 Å². The van der Waals surface area contributed by atoms with Crippen molar-refractivity contribution in [2.24, 2.45) is 5.92 Å². The molecule has 2 heterocycles. The van der Waals surface area contributed by atoms with E-state index in [1.165, 1.54) is 22.8 Å². The minimum atomic E-state index is -3.87. The van der Waals surface area contributed by atoms with Crippen LogP contribution in [0, 0.1) is 5.92 Å². The molecule has 11 heteroatoms. The van der Waals surface area contributed by atoms with Gasteiger partial charge in [-0.05, 0) is 43.2 Å². The van der Waals surface area contributed by atoms with Crippen molar-refractivity contribution >= 4 is 55.7 Å². The maximum atomic E-state index is 13.0. The third-order valence-electron chi connectivity index (χ3n) is 5.25. The van der Waals surface area contributed by atoms with E-state index in [1.54, 1.807) is 24.3 Å². The number of anilines is 1. The SMILES string of the molecule is O=C(Nc1ccc2nc[nH]c(=O)c2c1)C1CCN(S(=O)(=O)c2c(Cl)cccc2Cl)CC1. The molecule has 0 aliphatic carbocycles. The maximum absolute atomic E-state index is 13.0. The standard InChI is InChI=1S/C20H18Cl2N4O4S/c21-15-2-1-3-16(22)18(15)31(29,30)26-8-6-12(7-9-26)19(27)25-13-4-5-17-14(10-13)20(28)24-11-23-17/h1-5,10-12H,6-9H2,(H,25,27)(H,23,24,28). The number of hydrogen-bond donors (Lipinski definition) is 2. The summed E-state index contributed by atoms with van der Waals surface area (Å²) >= 11 is 12.1. The zero-order chi connectivity index (χ0) is 22.2. The highest BCUT2D eigenvalue weighted by atomic mass is 35.5. The first kappa shape index (κ1) is 21.8. The lowest BCUT2D eigenvalue weighted by molar-refractivity contribution is -0.120. The number of carbonyl (C=O) groups excluding carboxylic acids is 1. The Hall–Kier alpha value is -2.46. The maximum Gasteiger partial charge on any atom is 0.258 e. The fraction of sp³-hybridized carbons (Fsp3) is 0.250. The van der Waals surface area contributed by atoms with Gasteiger partial charge in [-0.3, -0.25) is 9.59 Å². The Labute approximate surface area is 188 Å². The topological polar surface area (TPSA) is 112 Å². The number of amides is 1. The normalized spacial score (nSPS) is 15.8. The summed E-state index contributed by atoms with van der Waals surface area (Å²) < 4.78 is 27.2. The molecule has 2 N–H and O–H groups in total. The zero-order valence-electron chi connectivity index (χ0n) is 16.1. The molecule has 0 saturated carbocycles. The van der Waals surface area contributed by atoms with Gasteiger partial charge in [0.15, 0.2) is 0 Å². The van der Waals surface area contributed by atoms with Crippen molar-refractivity contribution < 1.29 is 13.2 Å². The number of benzene rings is 2. The van der Waals surface area contributed by atoms with Gasteiger partial charge in [-0.25, -0.2) is 13.4 Å². The molecule has 1 aliphatic rings. The average molecular weight is 481 g/mol. The third kappa shape index (κ3) is 4.31. The summed E-state index contributed by atoms with van der Waals surface area (Å²) in [7, 11) is -3.87. The van der Waals surface area contributed by atoms with Gasteiger partial charge in [-0.2, -0.15) is 4.31 Å². The summed E-state index contributed by atoms with van der Waals surface area (Å²) in [6.45, 7) is 0.340. The highest BCUT2D eigenvalue weighted by molar-refractivity contribution is 7.89. The lowest BCUT2D eigenvalue weighted by atomic mass is 9.97. The number of hydrogen-bond acceptors (Lipinski definition) is 5. The number of rotatable bonds is 4. The molecule has 1 fully saturated rings. The monoisotopic (exact) mass is 480 g/mol. The van der Waals surface area contributed by atoms with E-state index in [1.807, 2.05) is 0 Å². The summed E-state index contributed by atoms with van der Waals surface area (Å²) in [5.41, 5.74) is 0.713. The predicted octanol–water partition coefficient (Wildman–Crippen LogP) is 3.27. The van der Waals surface area contributed by atoms with Crippen molar-refractivity contribution in [3.63, 3.8) is 0 Å². The second kappa shape index (κ2) is 8.58. The van der Waals surface area contributed by atoms with E-state index < -0.39 is 10.0 Å². The number of aromatic amines is 1. The molecule has 8 nitrogen and oxygen atoms in total. The van der Waals surface area contributed by atoms with Crippen molar-refractivity contribution in [1.29, 1.82) is 0 Å². The van der Waals surface area contributed by atoms with E-state index in [0.29, 0.717) is 29.4 Å². The predicted molar refractivity (Wildman–Crippen MR) is 119 cm³/mol. The number of nitrogens with zero attached hydrogens (tertiary/aromatic N) is 2. The second-order valence-electron chi connectivity index (χ2n) is 7.18. The van der Waals surface area contributed by atoms with E-state index in [-0.39, 0.29) is 45.4 Å². The van der Waals surface area contributed by atoms with Gasteiger partial charge in [-0.1, -0.05) is 29.3 Å². The van der Waals surface area contributed by atoms with Gasteiger partial charge >= 0.3 is 0 Å². The van der Waals surface area contributed by atoms with Crippen LogP contribution in [0.1, 0.15) is 12.8 Å². The minimum absolute atomic E-state index is 0.0631. The van der Waals surface area contributed by atoms with Gasteiger partial charge in [0.2, 0.25) is 15.9 Å². The highest BCUT2D eigenvalue weighted by Gasteiger charge is 2.34. The number of aromatic nitrogens is 2. The first-order chi connectivity index (χ1) is 14.8. The summed E-state index contributed by atoms with van der Waals surface area (Å²) in [5.74, 6) is -0.594. The largest absolute Gasteiger partial charge is 0.326 e. The zero-order valence-corrected chi connectivity index (χ0v) is 18.5. The van der Waals surface area contributed by atoms with E-state index >= 15 is 0 Å².